The molecule has 0 fully saturated rings. The normalized spacial score (nSPS) is 10.8. The van der Waals surface area contributed by atoms with Crippen LogP contribution in [0.15, 0.2) is 62.9 Å². The summed E-state index contributed by atoms with van der Waals surface area (Å²) in [4.78, 5) is 27.5. The zero-order valence-electron chi connectivity index (χ0n) is 15.3. The predicted molar refractivity (Wildman–Crippen MR) is 111 cm³/mol. The summed E-state index contributed by atoms with van der Waals surface area (Å²) in [7, 11) is 3.35. The van der Waals surface area contributed by atoms with Crippen LogP contribution in [-0.4, -0.2) is 23.5 Å². The highest BCUT2D eigenvalue weighted by Gasteiger charge is 2.09. The quantitative estimate of drug-likeness (QED) is 0.162. The molecule has 0 saturated heterocycles. The highest BCUT2D eigenvalue weighted by Crippen LogP contribution is 2.29. The zero-order valence-corrected chi connectivity index (χ0v) is 16.9. The van der Waals surface area contributed by atoms with E-state index in [1.165, 1.54) is 12.1 Å². The van der Waals surface area contributed by atoms with Crippen LogP contribution in [0.5, 0.6) is 5.75 Å². The second-order valence-electron chi connectivity index (χ2n) is 5.89. The Hall–Kier alpha value is -2.45. The highest BCUT2D eigenvalue weighted by molar-refractivity contribution is 8.76. The third-order valence-electron chi connectivity index (χ3n) is 3.75. The van der Waals surface area contributed by atoms with Crippen molar-refractivity contribution in [3.8, 4) is 5.75 Å². The summed E-state index contributed by atoms with van der Waals surface area (Å²) >= 11 is 0. The number of pyridine rings is 1. The lowest BCUT2D eigenvalue weighted by Crippen LogP contribution is -2.11. The summed E-state index contributed by atoms with van der Waals surface area (Å²) in [5, 5.41) is 1.77. The molecule has 3 aromatic rings. The zero-order chi connectivity index (χ0) is 19.8. The smallest absolute Gasteiger partial charge is 0.434 e. The van der Waals surface area contributed by atoms with Crippen molar-refractivity contribution in [1.29, 1.82) is 0 Å². The average Bonchev–Trinajstić information content (AvgIpc) is 2.67. The van der Waals surface area contributed by atoms with Crippen molar-refractivity contribution in [3.05, 3.63) is 64.6 Å². The molecule has 0 saturated carbocycles. The summed E-state index contributed by atoms with van der Waals surface area (Å²) in [6.45, 7) is 2.11. The molecule has 3 rings (SSSR count). The Bertz CT molecular complexity index is 991. The van der Waals surface area contributed by atoms with Crippen LogP contribution in [0.2, 0.25) is 0 Å². The summed E-state index contributed by atoms with van der Waals surface area (Å²) in [5.74, 6) is 1.21. The molecular formula is C20H19NO5S2. The van der Waals surface area contributed by atoms with Crippen molar-refractivity contribution in [2.75, 3.05) is 12.4 Å². The molecular weight excluding hydrogens is 398 g/mol. The van der Waals surface area contributed by atoms with Gasteiger partial charge in [-0.05, 0) is 60.4 Å². The number of ether oxygens (including phenoxy) is 2. The monoisotopic (exact) mass is 417 g/mol. The maximum atomic E-state index is 11.8. The van der Waals surface area contributed by atoms with Crippen LogP contribution in [0.1, 0.15) is 18.4 Å². The van der Waals surface area contributed by atoms with Crippen LogP contribution in [0, 0.1) is 6.92 Å². The van der Waals surface area contributed by atoms with Crippen LogP contribution >= 0.6 is 21.6 Å². The van der Waals surface area contributed by atoms with Gasteiger partial charge in [0.15, 0.2) is 0 Å². The van der Waals surface area contributed by atoms with Gasteiger partial charge in [-0.3, -0.25) is 0 Å². The minimum Gasteiger partial charge on any atom is -0.434 e. The maximum absolute atomic E-state index is 11.8. The highest BCUT2D eigenvalue weighted by atomic mass is 33.1. The predicted octanol–water partition coefficient (Wildman–Crippen LogP) is 5.23. The molecule has 0 spiro atoms. The molecule has 28 heavy (non-hydrogen) atoms. The van der Waals surface area contributed by atoms with Crippen LogP contribution < -0.4 is 10.4 Å². The van der Waals surface area contributed by atoms with Crippen molar-refractivity contribution in [2.24, 2.45) is 0 Å². The largest absolute Gasteiger partial charge is 0.513 e. The van der Waals surface area contributed by atoms with Crippen LogP contribution in [0.4, 0.5) is 4.79 Å². The van der Waals surface area contributed by atoms with Crippen molar-refractivity contribution in [1.82, 2.24) is 4.98 Å². The van der Waals surface area contributed by atoms with E-state index in [9.17, 15) is 9.59 Å². The number of fused-ring (bicyclic) bond motifs is 1. The molecule has 0 amide bonds. The van der Waals surface area contributed by atoms with E-state index in [0.717, 1.165) is 34.6 Å². The first-order chi connectivity index (χ1) is 13.6. The van der Waals surface area contributed by atoms with E-state index in [2.05, 4.69) is 4.98 Å². The summed E-state index contributed by atoms with van der Waals surface area (Å²) in [6, 6.07) is 12.1. The standard InChI is InChI=1S/C20H19NO5S2/c1-14-12-19(22)26-17-13-15(7-8-16(14)17)25-20(23)24-10-4-5-11-27-28-18-6-2-3-9-21-18/h2-3,6-9,12-13H,4-5,10-11H2,1H3. The van der Waals surface area contributed by atoms with Crippen molar-refractivity contribution >= 4 is 38.7 Å². The lowest BCUT2D eigenvalue weighted by atomic mass is 10.1. The van der Waals surface area contributed by atoms with E-state index in [-0.39, 0.29) is 12.4 Å². The van der Waals surface area contributed by atoms with Crippen LogP contribution in [-0.2, 0) is 4.74 Å². The fourth-order valence-electron chi connectivity index (χ4n) is 2.41. The number of aryl methyl sites for hydroxylation is 1. The molecule has 2 aromatic heterocycles. The Kier molecular flexibility index (Phi) is 7.39. The third kappa shape index (κ3) is 6.03. The number of aromatic nitrogens is 1. The Morgan fingerprint density at radius 2 is 2.07 bits per heavy atom. The van der Waals surface area contributed by atoms with Crippen molar-refractivity contribution in [3.63, 3.8) is 0 Å². The fourth-order valence-corrected chi connectivity index (χ4v) is 4.44. The molecule has 0 aliphatic carbocycles. The van der Waals surface area contributed by atoms with Gasteiger partial charge in [-0.2, -0.15) is 0 Å². The van der Waals surface area contributed by atoms with Crippen LogP contribution in [0.25, 0.3) is 11.0 Å². The lowest BCUT2D eigenvalue weighted by Gasteiger charge is -2.07. The molecule has 0 N–H and O–H groups in total. The van der Waals surface area contributed by atoms with Gasteiger partial charge in [0.25, 0.3) is 0 Å². The van der Waals surface area contributed by atoms with Gasteiger partial charge in [0.2, 0.25) is 0 Å². The number of unbranched alkanes of at least 4 members (excludes halogenated alkanes) is 1. The molecule has 0 atom stereocenters. The van der Waals surface area contributed by atoms with Gasteiger partial charge in [0.05, 0.1) is 6.61 Å². The first-order valence-electron chi connectivity index (χ1n) is 8.71. The van der Waals surface area contributed by atoms with Gasteiger partial charge in [0.1, 0.15) is 16.4 Å². The molecule has 1 aromatic carbocycles. The van der Waals surface area contributed by atoms with E-state index in [1.54, 1.807) is 39.9 Å². The van der Waals surface area contributed by atoms with Crippen LogP contribution in [0.3, 0.4) is 0 Å². The topological polar surface area (TPSA) is 78.6 Å². The van der Waals surface area contributed by atoms with Gasteiger partial charge in [0, 0.05) is 29.5 Å². The number of hydrogen-bond donors (Lipinski definition) is 0. The van der Waals surface area contributed by atoms with Gasteiger partial charge in [-0.1, -0.05) is 16.9 Å². The van der Waals surface area contributed by atoms with Gasteiger partial charge in [-0.25, -0.2) is 14.6 Å². The van der Waals surface area contributed by atoms with E-state index in [4.69, 9.17) is 13.9 Å². The molecule has 146 valence electrons. The number of carbonyl (C=O) groups is 1. The number of carbonyl (C=O) groups excluding carboxylic acids is 1. The third-order valence-corrected chi connectivity index (χ3v) is 6.10. The lowest BCUT2D eigenvalue weighted by molar-refractivity contribution is 0.0979. The second-order valence-corrected chi connectivity index (χ2v) is 8.32. The molecule has 0 radical (unpaired) electrons. The molecule has 0 aliphatic rings. The van der Waals surface area contributed by atoms with E-state index >= 15 is 0 Å². The first-order valence-corrected chi connectivity index (χ1v) is 11.0. The Morgan fingerprint density at radius 3 is 2.89 bits per heavy atom. The van der Waals surface area contributed by atoms with Gasteiger partial charge in [-0.15, -0.1) is 0 Å². The number of hydrogen-bond acceptors (Lipinski definition) is 8. The number of benzene rings is 1. The molecule has 0 bridgehead atoms. The summed E-state index contributed by atoms with van der Waals surface area (Å²) in [5.41, 5.74) is 0.737. The van der Waals surface area contributed by atoms with E-state index in [1.807, 2.05) is 25.1 Å². The molecule has 0 aliphatic heterocycles. The Morgan fingerprint density at radius 1 is 1.18 bits per heavy atom. The SMILES string of the molecule is Cc1cc(=O)oc2cc(OC(=O)OCCCCSSc3ccccn3)ccc12. The molecule has 6 nitrogen and oxygen atoms in total. The Balaban J connectivity index is 1.36. The molecule has 2 heterocycles. The summed E-state index contributed by atoms with van der Waals surface area (Å²) < 4.78 is 15.4. The number of rotatable bonds is 8. The van der Waals surface area contributed by atoms with Gasteiger partial charge >= 0.3 is 11.8 Å². The Labute approximate surface area is 170 Å². The minimum atomic E-state index is -0.773. The number of nitrogens with zero attached hydrogens (tertiary/aromatic N) is 1. The van der Waals surface area contributed by atoms with E-state index < -0.39 is 11.8 Å². The van der Waals surface area contributed by atoms with Crippen molar-refractivity contribution < 1.29 is 18.7 Å². The minimum absolute atomic E-state index is 0.272. The van der Waals surface area contributed by atoms with E-state index in [0.29, 0.717) is 5.58 Å². The molecule has 0 unspecified atom stereocenters. The van der Waals surface area contributed by atoms with Gasteiger partial charge < -0.3 is 13.9 Å². The maximum Gasteiger partial charge on any atom is 0.513 e. The summed E-state index contributed by atoms with van der Waals surface area (Å²) in [6.07, 6.45) is 2.66. The fraction of sp³-hybridized carbons (Fsp3) is 0.250. The van der Waals surface area contributed by atoms with Crippen molar-refractivity contribution in [2.45, 2.75) is 24.8 Å². The average molecular weight is 418 g/mol. The first kappa shape index (κ1) is 20.3. The second kappa shape index (κ2) is 10.2. The molecule has 8 heteroatoms.